The van der Waals surface area contributed by atoms with E-state index >= 15 is 0 Å². The van der Waals surface area contributed by atoms with Crippen LogP contribution in [0.25, 0.3) is 0 Å². The number of carbonyl (C=O) groups excluding carboxylic acids is 2. The van der Waals surface area contributed by atoms with E-state index in [2.05, 4.69) is 10.6 Å². The van der Waals surface area contributed by atoms with Gasteiger partial charge in [0, 0.05) is 18.2 Å². The highest BCUT2D eigenvalue weighted by Crippen LogP contribution is 2.24. The quantitative estimate of drug-likeness (QED) is 0.706. The van der Waals surface area contributed by atoms with Crippen molar-refractivity contribution in [3.63, 3.8) is 0 Å². The van der Waals surface area contributed by atoms with Gasteiger partial charge in [-0.15, -0.1) is 0 Å². The summed E-state index contributed by atoms with van der Waals surface area (Å²) in [6.45, 7) is 3.37. The SMILES string of the molecule is CC(C)(CC(=O)O)CC(=O)NC(=O)NC1CCSC1. The van der Waals surface area contributed by atoms with E-state index in [4.69, 9.17) is 5.11 Å². The number of hydrogen-bond acceptors (Lipinski definition) is 4. The van der Waals surface area contributed by atoms with Crippen LogP contribution in [0.15, 0.2) is 0 Å². The number of thioether (sulfide) groups is 1. The molecule has 0 bridgehead atoms. The zero-order valence-electron chi connectivity index (χ0n) is 11.2. The fourth-order valence-electron chi connectivity index (χ4n) is 1.95. The maximum absolute atomic E-state index is 11.7. The molecule has 108 valence electrons. The van der Waals surface area contributed by atoms with E-state index in [0.717, 1.165) is 17.9 Å². The van der Waals surface area contributed by atoms with Gasteiger partial charge in [-0.25, -0.2) is 4.79 Å². The number of imide groups is 1. The predicted molar refractivity (Wildman–Crippen MR) is 73.1 cm³/mol. The van der Waals surface area contributed by atoms with E-state index < -0.39 is 23.3 Å². The zero-order valence-corrected chi connectivity index (χ0v) is 12.0. The number of rotatable bonds is 5. The van der Waals surface area contributed by atoms with Gasteiger partial charge in [-0.1, -0.05) is 13.8 Å². The van der Waals surface area contributed by atoms with Gasteiger partial charge in [0.2, 0.25) is 5.91 Å². The number of aliphatic carboxylic acids is 1. The summed E-state index contributed by atoms with van der Waals surface area (Å²) in [5, 5.41) is 13.7. The smallest absolute Gasteiger partial charge is 0.321 e. The fraction of sp³-hybridized carbons (Fsp3) is 0.750. The van der Waals surface area contributed by atoms with Crippen LogP contribution < -0.4 is 10.6 Å². The van der Waals surface area contributed by atoms with Crippen LogP contribution >= 0.6 is 11.8 Å². The summed E-state index contributed by atoms with van der Waals surface area (Å²) in [7, 11) is 0. The monoisotopic (exact) mass is 288 g/mol. The lowest BCUT2D eigenvalue weighted by molar-refractivity contribution is -0.139. The highest BCUT2D eigenvalue weighted by atomic mass is 32.2. The Morgan fingerprint density at radius 3 is 2.53 bits per heavy atom. The number of amides is 3. The molecule has 3 amide bonds. The first kappa shape index (κ1) is 15.8. The van der Waals surface area contributed by atoms with Gasteiger partial charge in [-0.2, -0.15) is 11.8 Å². The second kappa shape index (κ2) is 6.79. The molecule has 1 rings (SSSR count). The molecule has 0 aliphatic carbocycles. The van der Waals surface area contributed by atoms with Crippen molar-refractivity contribution >= 4 is 29.7 Å². The van der Waals surface area contributed by atoms with Crippen molar-refractivity contribution in [1.82, 2.24) is 10.6 Å². The van der Waals surface area contributed by atoms with Crippen molar-refractivity contribution in [3.05, 3.63) is 0 Å². The fourth-order valence-corrected chi connectivity index (χ4v) is 3.10. The number of carboxylic acids is 1. The molecule has 7 heteroatoms. The van der Waals surface area contributed by atoms with Crippen molar-refractivity contribution in [2.75, 3.05) is 11.5 Å². The van der Waals surface area contributed by atoms with Gasteiger partial charge in [0.25, 0.3) is 0 Å². The molecule has 1 heterocycles. The standard InChI is InChI=1S/C12H20N2O4S/c1-12(2,6-10(16)17)5-9(15)14-11(18)13-8-3-4-19-7-8/h8H,3-7H2,1-2H3,(H,16,17)(H2,13,14,15,18). The van der Waals surface area contributed by atoms with Gasteiger partial charge in [0.15, 0.2) is 0 Å². The minimum atomic E-state index is -0.953. The van der Waals surface area contributed by atoms with E-state index in [1.807, 2.05) is 0 Å². The number of nitrogens with one attached hydrogen (secondary N) is 2. The first-order valence-electron chi connectivity index (χ1n) is 6.18. The summed E-state index contributed by atoms with van der Waals surface area (Å²) >= 11 is 1.77. The van der Waals surface area contributed by atoms with Gasteiger partial charge in [-0.3, -0.25) is 14.9 Å². The van der Waals surface area contributed by atoms with Gasteiger partial charge in [-0.05, 0) is 17.6 Å². The molecular formula is C12H20N2O4S. The van der Waals surface area contributed by atoms with Crippen molar-refractivity contribution in [2.45, 2.75) is 39.2 Å². The van der Waals surface area contributed by atoms with Crippen LogP contribution in [0.3, 0.4) is 0 Å². The number of carbonyl (C=O) groups is 3. The maximum atomic E-state index is 11.7. The van der Waals surface area contributed by atoms with Crippen LogP contribution in [0.2, 0.25) is 0 Å². The van der Waals surface area contributed by atoms with Crippen molar-refractivity contribution in [2.24, 2.45) is 5.41 Å². The Morgan fingerprint density at radius 1 is 1.32 bits per heavy atom. The molecule has 6 nitrogen and oxygen atoms in total. The Kier molecular flexibility index (Phi) is 5.65. The predicted octanol–water partition coefficient (Wildman–Crippen LogP) is 1.21. The lowest BCUT2D eigenvalue weighted by Crippen LogP contribution is -2.45. The third-order valence-electron chi connectivity index (χ3n) is 2.79. The Morgan fingerprint density at radius 2 is 2.00 bits per heavy atom. The molecule has 3 N–H and O–H groups in total. The topological polar surface area (TPSA) is 95.5 Å². The molecule has 1 aliphatic rings. The van der Waals surface area contributed by atoms with Crippen LogP contribution in [0.5, 0.6) is 0 Å². The summed E-state index contributed by atoms with van der Waals surface area (Å²) in [6.07, 6.45) is 0.810. The highest BCUT2D eigenvalue weighted by Gasteiger charge is 2.26. The minimum Gasteiger partial charge on any atom is -0.481 e. The number of urea groups is 1. The molecule has 0 aromatic carbocycles. The van der Waals surface area contributed by atoms with Crippen LogP contribution in [0.4, 0.5) is 4.79 Å². The van der Waals surface area contributed by atoms with Crippen LogP contribution in [-0.4, -0.2) is 40.6 Å². The lowest BCUT2D eigenvalue weighted by Gasteiger charge is -2.21. The summed E-state index contributed by atoms with van der Waals surface area (Å²) in [4.78, 5) is 33.8. The van der Waals surface area contributed by atoms with Crippen molar-refractivity contribution in [1.29, 1.82) is 0 Å². The van der Waals surface area contributed by atoms with Crippen LogP contribution in [-0.2, 0) is 9.59 Å². The van der Waals surface area contributed by atoms with Gasteiger partial charge >= 0.3 is 12.0 Å². The summed E-state index contributed by atoms with van der Waals surface area (Å²) in [5.41, 5.74) is -0.667. The zero-order chi connectivity index (χ0) is 14.5. The maximum Gasteiger partial charge on any atom is 0.321 e. The average molecular weight is 288 g/mol. The third-order valence-corrected chi connectivity index (χ3v) is 3.95. The Labute approximate surface area is 116 Å². The first-order valence-corrected chi connectivity index (χ1v) is 7.34. The molecule has 19 heavy (non-hydrogen) atoms. The second-order valence-electron chi connectivity index (χ2n) is 5.49. The van der Waals surface area contributed by atoms with Crippen LogP contribution in [0.1, 0.15) is 33.1 Å². The summed E-state index contributed by atoms with van der Waals surface area (Å²) in [5.74, 6) is 0.482. The molecular weight excluding hydrogens is 268 g/mol. The number of hydrogen-bond donors (Lipinski definition) is 3. The van der Waals surface area contributed by atoms with E-state index in [0.29, 0.717) is 0 Å². The molecule has 1 saturated heterocycles. The van der Waals surface area contributed by atoms with E-state index in [1.165, 1.54) is 0 Å². The van der Waals surface area contributed by atoms with E-state index in [1.54, 1.807) is 25.6 Å². The van der Waals surface area contributed by atoms with E-state index in [9.17, 15) is 14.4 Å². The third kappa shape index (κ3) is 6.47. The second-order valence-corrected chi connectivity index (χ2v) is 6.64. The summed E-state index contributed by atoms with van der Waals surface area (Å²) in [6, 6.07) is -0.381. The minimum absolute atomic E-state index is 0.00609. The largest absolute Gasteiger partial charge is 0.481 e. The Bertz CT molecular complexity index is 365. The van der Waals surface area contributed by atoms with Gasteiger partial charge < -0.3 is 10.4 Å². The molecule has 1 aliphatic heterocycles. The summed E-state index contributed by atoms with van der Waals surface area (Å²) < 4.78 is 0. The Hall–Kier alpha value is -1.24. The van der Waals surface area contributed by atoms with Crippen molar-refractivity contribution in [3.8, 4) is 0 Å². The van der Waals surface area contributed by atoms with Gasteiger partial charge in [0.05, 0.1) is 6.42 Å². The first-order chi connectivity index (χ1) is 8.78. The average Bonchev–Trinajstić information content (AvgIpc) is 2.65. The molecule has 0 saturated carbocycles. The Balaban J connectivity index is 2.33. The van der Waals surface area contributed by atoms with Crippen LogP contribution in [0, 0.1) is 5.41 Å². The van der Waals surface area contributed by atoms with E-state index in [-0.39, 0.29) is 18.9 Å². The highest BCUT2D eigenvalue weighted by molar-refractivity contribution is 7.99. The molecule has 0 aromatic rings. The molecule has 1 atom stereocenters. The lowest BCUT2D eigenvalue weighted by atomic mass is 9.85. The molecule has 0 radical (unpaired) electrons. The molecule has 0 aromatic heterocycles. The number of carboxylic acid groups (broad SMARTS) is 1. The van der Waals surface area contributed by atoms with Gasteiger partial charge in [0.1, 0.15) is 0 Å². The molecule has 1 fully saturated rings. The molecule has 0 spiro atoms. The normalized spacial score (nSPS) is 18.9. The van der Waals surface area contributed by atoms with Crippen molar-refractivity contribution < 1.29 is 19.5 Å². The molecule has 1 unspecified atom stereocenters.